The second kappa shape index (κ2) is 4.33. The largest absolute Gasteiger partial charge is 0.300 e. The summed E-state index contributed by atoms with van der Waals surface area (Å²) in [4.78, 5) is 26.3. The molecule has 0 aliphatic carbocycles. The number of carbonyl (C=O) groups excluding carboxylic acids is 2. The first-order chi connectivity index (χ1) is 8.66. The maximum atomic E-state index is 11.9. The van der Waals surface area contributed by atoms with Crippen LogP contribution < -0.4 is 4.90 Å². The van der Waals surface area contributed by atoms with E-state index in [0.29, 0.717) is 17.8 Å². The van der Waals surface area contributed by atoms with Crippen LogP contribution in [0, 0.1) is 0 Å². The Kier molecular flexibility index (Phi) is 2.80. The highest BCUT2D eigenvalue weighted by atomic mass is 79.9. The van der Waals surface area contributed by atoms with Crippen molar-refractivity contribution in [3.8, 4) is 0 Å². The molecule has 2 aromatic rings. The van der Waals surface area contributed by atoms with Gasteiger partial charge in [-0.25, -0.2) is 0 Å². The molecule has 0 spiro atoms. The molecule has 0 radical (unpaired) electrons. The molecule has 0 bridgehead atoms. The maximum Gasteiger partial charge on any atom is 0.299 e. The van der Waals surface area contributed by atoms with Gasteiger partial charge in [0.25, 0.3) is 11.7 Å². The van der Waals surface area contributed by atoms with E-state index >= 15 is 0 Å². The van der Waals surface area contributed by atoms with Crippen molar-refractivity contribution in [3.05, 3.63) is 50.6 Å². The first-order valence-electron chi connectivity index (χ1n) is 5.35. The number of thiophene rings is 1. The first-order valence-corrected chi connectivity index (χ1v) is 7.02. The van der Waals surface area contributed by atoms with Crippen molar-refractivity contribution in [1.82, 2.24) is 0 Å². The van der Waals surface area contributed by atoms with Crippen LogP contribution in [-0.4, -0.2) is 11.7 Å². The van der Waals surface area contributed by atoms with Gasteiger partial charge in [0.1, 0.15) is 0 Å². The van der Waals surface area contributed by atoms with E-state index in [4.69, 9.17) is 0 Å². The number of benzene rings is 1. The number of carbonyl (C=O) groups is 2. The Bertz CT molecular complexity index is 650. The average molecular weight is 322 g/mol. The zero-order chi connectivity index (χ0) is 12.7. The number of fused-ring (bicyclic) bond motifs is 1. The highest BCUT2D eigenvalue weighted by Gasteiger charge is 2.35. The van der Waals surface area contributed by atoms with Crippen LogP contribution in [0.25, 0.3) is 0 Å². The molecule has 3 nitrogen and oxygen atoms in total. The SMILES string of the molecule is O=C1C(=O)N(Cc2cc(Br)cs2)c2ccccc21. The Balaban J connectivity index is 1.98. The van der Waals surface area contributed by atoms with Crippen molar-refractivity contribution >= 4 is 44.6 Å². The normalized spacial score (nSPS) is 14.2. The first kappa shape index (κ1) is 11.6. The Morgan fingerprint density at radius 3 is 2.72 bits per heavy atom. The smallest absolute Gasteiger partial charge is 0.299 e. The molecular weight excluding hydrogens is 314 g/mol. The second-order valence-electron chi connectivity index (χ2n) is 3.97. The van der Waals surface area contributed by atoms with Gasteiger partial charge >= 0.3 is 0 Å². The van der Waals surface area contributed by atoms with Crippen molar-refractivity contribution in [3.63, 3.8) is 0 Å². The number of anilines is 1. The molecular formula is C13H8BrNO2S. The van der Waals surface area contributed by atoms with Crippen molar-refractivity contribution in [2.45, 2.75) is 6.54 Å². The molecule has 0 N–H and O–H groups in total. The summed E-state index contributed by atoms with van der Waals surface area (Å²) in [6.45, 7) is 0.442. The van der Waals surface area contributed by atoms with Gasteiger partial charge in [-0.2, -0.15) is 0 Å². The summed E-state index contributed by atoms with van der Waals surface area (Å²) in [5.41, 5.74) is 1.20. The van der Waals surface area contributed by atoms with Crippen molar-refractivity contribution < 1.29 is 9.59 Å². The summed E-state index contributed by atoms with van der Waals surface area (Å²) in [6.07, 6.45) is 0. The van der Waals surface area contributed by atoms with E-state index in [1.54, 1.807) is 29.5 Å². The van der Waals surface area contributed by atoms with Crippen molar-refractivity contribution in [2.24, 2.45) is 0 Å². The molecule has 1 aliphatic rings. The lowest BCUT2D eigenvalue weighted by Crippen LogP contribution is -2.28. The lowest BCUT2D eigenvalue weighted by molar-refractivity contribution is -0.114. The minimum Gasteiger partial charge on any atom is -0.300 e. The van der Waals surface area contributed by atoms with Crippen molar-refractivity contribution in [2.75, 3.05) is 4.90 Å². The van der Waals surface area contributed by atoms with Gasteiger partial charge in [0.15, 0.2) is 0 Å². The summed E-state index contributed by atoms with van der Waals surface area (Å²) in [6, 6.07) is 9.07. The van der Waals surface area contributed by atoms with Crippen LogP contribution in [0.5, 0.6) is 0 Å². The van der Waals surface area contributed by atoms with E-state index in [0.717, 1.165) is 9.35 Å². The number of amides is 1. The number of hydrogen-bond acceptors (Lipinski definition) is 3. The van der Waals surface area contributed by atoms with Gasteiger partial charge in [0.05, 0.1) is 17.8 Å². The zero-order valence-electron chi connectivity index (χ0n) is 9.22. The van der Waals surface area contributed by atoms with Gasteiger partial charge in [-0.15, -0.1) is 11.3 Å². The Hall–Kier alpha value is -1.46. The van der Waals surface area contributed by atoms with Crippen LogP contribution in [0.2, 0.25) is 0 Å². The molecule has 1 amide bonds. The predicted molar refractivity (Wildman–Crippen MR) is 74.0 cm³/mol. The third-order valence-electron chi connectivity index (χ3n) is 2.81. The van der Waals surface area contributed by atoms with Crippen molar-refractivity contribution in [1.29, 1.82) is 0 Å². The molecule has 0 saturated carbocycles. The monoisotopic (exact) mass is 321 g/mol. The minimum absolute atomic E-state index is 0.416. The van der Waals surface area contributed by atoms with Crippen LogP contribution in [0.15, 0.2) is 40.2 Å². The molecule has 90 valence electrons. The van der Waals surface area contributed by atoms with Gasteiger partial charge in [-0.3, -0.25) is 14.5 Å². The molecule has 0 saturated heterocycles. The summed E-state index contributed by atoms with van der Waals surface area (Å²) in [5.74, 6) is -0.859. The third-order valence-corrected chi connectivity index (χ3v) is 4.50. The fraction of sp³-hybridized carbons (Fsp3) is 0.0769. The quantitative estimate of drug-likeness (QED) is 0.796. The van der Waals surface area contributed by atoms with Crippen LogP contribution >= 0.6 is 27.3 Å². The second-order valence-corrected chi connectivity index (χ2v) is 5.88. The van der Waals surface area contributed by atoms with E-state index in [1.165, 1.54) is 4.90 Å². The van der Waals surface area contributed by atoms with Gasteiger partial charge in [-0.05, 0) is 34.1 Å². The summed E-state index contributed by atoms with van der Waals surface area (Å²) >= 11 is 4.94. The molecule has 5 heteroatoms. The fourth-order valence-electron chi connectivity index (χ4n) is 2.00. The predicted octanol–water partition coefficient (Wildman–Crippen LogP) is 3.24. The summed E-state index contributed by atoms with van der Waals surface area (Å²) in [7, 11) is 0. The van der Waals surface area contributed by atoms with Gasteiger partial charge in [0.2, 0.25) is 0 Å². The highest BCUT2D eigenvalue weighted by molar-refractivity contribution is 9.10. The number of hydrogen-bond donors (Lipinski definition) is 0. The Morgan fingerprint density at radius 2 is 2.00 bits per heavy atom. The van der Waals surface area contributed by atoms with E-state index in [9.17, 15) is 9.59 Å². The molecule has 0 unspecified atom stereocenters. The Morgan fingerprint density at radius 1 is 1.22 bits per heavy atom. The third kappa shape index (κ3) is 1.79. The summed E-state index contributed by atoms with van der Waals surface area (Å²) < 4.78 is 0.994. The van der Waals surface area contributed by atoms with Crippen LogP contribution in [0.4, 0.5) is 5.69 Å². The summed E-state index contributed by atoms with van der Waals surface area (Å²) in [5, 5.41) is 1.96. The van der Waals surface area contributed by atoms with Gasteiger partial charge < -0.3 is 0 Å². The maximum absolute atomic E-state index is 11.9. The number of nitrogens with zero attached hydrogens (tertiary/aromatic N) is 1. The Labute approximate surface area is 116 Å². The topological polar surface area (TPSA) is 37.4 Å². The number of para-hydroxylation sites is 1. The molecule has 1 aromatic carbocycles. The average Bonchev–Trinajstić information content (AvgIpc) is 2.88. The van der Waals surface area contributed by atoms with E-state index in [1.807, 2.05) is 17.5 Å². The molecule has 18 heavy (non-hydrogen) atoms. The van der Waals surface area contributed by atoms with Crippen LogP contribution in [-0.2, 0) is 11.3 Å². The number of halogens is 1. The van der Waals surface area contributed by atoms with Gasteiger partial charge in [-0.1, -0.05) is 12.1 Å². The highest BCUT2D eigenvalue weighted by Crippen LogP contribution is 2.31. The molecule has 0 atom stereocenters. The molecule has 2 heterocycles. The van der Waals surface area contributed by atoms with Gasteiger partial charge in [0, 0.05) is 14.7 Å². The fourth-order valence-corrected chi connectivity index (χ4v) is 3.44. The lowest BCUT2D eigenvalue weighted by Gasteiger charge is -2.14. The molecule has 0 fully saturated rings. The van der Waals surface area contributed by atoms with E-state index < -0.39 is 11.7 Å². The molecule has 3 rings (SSSR count). The minimum atomic E-state index is -0.444. The molecule has 1 aliphatic heterocycles. The van der Waals surface area contributed by atoms with E-state index in [2.05, 4.69) is 15.9 Å². The lowest BCUT2D eigenvalue weighted by atomic mass is 10.1. The molecule has 1 aromatic heterocycles. The number of ketones is 1. The zero-order valence-corrected chi connectivity index (χ0v) is 11.6. The standard InChI is InChI=1S/C13H8BrNO2S/c14-8-5-9(18-7-8)6-15-11-4-2-1-3-10(11)12(16)13(15)17/h1-5,7H,6H2. The van der Waals surface area contributed by atoms with Crippen LogP contribution in [0.3, 0.4) is 0 Å². The van der Waals surface area contributed by atoms with E-state index in [-0.39, 0.29) is 0 Å². The number of rotatable bonds is 2. The van der Waals surface area contributed by atoms with Crippen LogP contribution in [0.1, 0.15) is 15.2 Å². The number of Topliss-reactive ketones (excluding diaryl/α,β-unsaturated/α-hetero) is 1.